The summed E-state index contributed by atoms with van der Waals surface area (Å²) in [6, 6.07) is 70.1. The Morgan fingerprint density at radius 1 is 0.411 bits per heavy atom. The number of nitrogens with zero attached hydrogens (tertiary/aromatic N) is 2. The molecule has 12 aromatic rings. The van der Waals surface area contributed by atoms with Crippen molar-refractivity contribution in [3.63, 3.8) is 0 Å². The molecule has 0 saturated carbocycles. The van der Waals surface area contributed by atoms with Crippen LogP contribution < -0.4 is 4.90 Å². The monoisotopic (exact) mass is 732 g/mol. The summed E-state index contributed by atoms with van der Waals surface area (Å²) < 4.78 is 11.7. The van der Waals surface area contributed by atoms with Crippen molar-refractivity contribution in [2.24, 2.45) is 0 Å². The summed E-state index contributed by atoms with van der Waals surface area (Å²) in [6.45, 7) is 0. The standard InChI is InChI=1S/C52H32N2OS/c1-2-15-34(16-3-1)53(37-29-30-40-39-18-8-11-24-48(39)56-49(40)31-37)35-25-27-36(28-26-35)54-44-22-9-6-19-42(44)50-45(54)32-47-51(43-20-7-10-23-46(43)55-47)52(50)41-21-12-14-33-13-4-5-17-38(33)41/h1-32H. The number of benzene rings is 9. The molecule has 3 heterocycles. The number of rotatable bonds is 5. The average Bonchev–Trinajstić information content (AvgIpc) is 3.93. The van der Waals surface area contributed by atoms with E-state index < -0.39 is 0 Å². The van der Waals surface area contributed by atoms with E-state index in [1.807, 2.05) is 11.3 Å². The van der Waals surface area contributed by atoms with E-state index in [-0.39, 0.29) is 0 Å². The maximum atomic E-state index is 6.70. The number of fused-ring (bicyclic) bond motifs is 10. The summed E-state index contributed by atoms with van der Waals surface area (Å²) >= 11 is 1.85. The first-order chi connectivity index (χ1) is 27.8. The molecule has 0 aliphatic rings. The highest BCUT2D eigenvalue weighted by molar-refractivity contribution is 7.25. The van der Waals surface area contributed by atoms with Gasteiger partial charge in [-0.2, -0.15) is 0 Å². The number of thiophene rings is 1. The molecule has 12 rings (SSSR count). The highest BCUT2D eigenvalue weighted by Gasteiger charge is 2.24. The second-order valence-corrected chi connectivity index (χ2v) is 15.5. The molecule has 4 heteroatoms. The van der Waals surface area contributed by atoms with Gasteiger partial charge >= 0.3 is 0 Å². The first-order valence-electron chi connectivity index (χ1n) is 19.0. The SMILES string of the molecule is c1ccc(N(c2ccc(-n3c4ccccc4c4c(-c5cccc6ccccc56)c5c(cc43)oc3ccccc35)cc2)c2ccc3c(c2)sc2ccccc23)cc1. The third-order valence-electron chi connectivity index (χ3n) is 11.4. The van der Waals surface area contributed by atoms with Crippen LogP contribution in [0.3, 0.4) is 0 Å². The van der Waals surface area contributed by atoms with Crippen LogP contribution in [0.5, 0.6) is 0 Å². The van der Waals surface area contributed by atoms with Crippen molar-refractivity contribution >= 4 is 103 Å². The fourth-order valence-corrected chi connectivity index (χ4v) is 10.1. The van der Waals surface area contributed by atoms with Gasteiger partial charge in [-0.3, -0.25) is 0 Å². The summed E-state index contributed by atoms with van der Waals surface area (Å²) in [5.41, 5.74) is 10.9. The molecule has 0 saturated heterocycles. The van der Waals surface area contributed by atoms with Crippen molar-refractivity contribution in [1.82, 2.24) is 4.57 Å². The molecule has 0 amide bonds. The van der Waals surface area contributed by atoms with Crippen molar-refractivity contribution in [2.45, 2.75) is 0 Å². The van der Waals surface area contributed by atoms with Crippen molar-refractivity contribution in [3.05, 3.63) is 194 Å². The molecule has 0 atom stereocenters. The molecule has 56 heavy (non-hydrogen) atoms. The van der Waals surface area contributed by atoms with Crippen LogP contribution in [-0.4, -0.2) is 4.57 Å². The van der Waals surface area contributed by atoms with Crippen LogP contribution in [0.15, 0.2) is 199 Å². The largest absolute Gasteiger partial charge is 0.456 e. The van der Waals surface area contributed by atoms with Gasteiger partial charge in [0.1, 0.15) is 11.2 Å². The van der Waals surface area contributed by atoms with E-state index in [9.17, 15) is 0 Å². The Balaban J connectivity index is 1.09. The summed E-state index contributed by atoms with van der Waals surface area (Å²) in [5.74, 6) is 0. The maximum absolute atomic E-state index is 6.70. The summed E-state index contributed by atoms with van der Waals surface area (Å²) in [6.07, 6.45) is 0. The Morgan fingerprint density at radius 3 is 1.95 bits per heavy atom. The molecule has 0 aliphatic carbocycles. The first-order valence-corrected chi connectivity index (χ1v) is 19.8. The lowest BCUT2D eigenvalue weighted by Crippen LogP contribution is -2.09. The number of para-hydroxylation sites is 3. The Hall–Kier alpha value is -7.14. The third kappa shape index (κ3) is 4.63. The fraction of sp³-hybridized carbons (Fsp3) is 0. The molecule has 262 valence electrons. The van der Waals surface area contributed by atoms with Crippen LogP contribution in [0.2, 0.25) is 0 Å². The lowest BCUT2D eigenvalue weighted by molar-refractivity contribution is 0.669. The molecule has 9 aromatic carbocycles. The molecule has 0 aliphatic heterocycles. The Kier molecular flexibility index (Phi) is 6.80. The minimum Gasteiger partial charge on any atom is -0.456 e. The van der Waals surface area contributed by atoms with Crippen molar-refractivity contribution < 1.29 is 4.42 Å². The van der Waals surface area contributed by atoms with Crippen LogP contribution in [0, 0.1) is 0 Å². The third-order valence-corrected chi connectivity index (χ3v) is 12.5. The van der Waals surface area contributed by atoms with E-state index in [4.69, 9.17) is 4.42 Å². The minimum atomic E-state index is 0.884. The number of hydrogen-bond donors (Lipinski definition) is 0. The zero-order chi connectivity index (χ0) is 36.7. The predicted molar refractivity (Wildman–Crippen MR) is 239 cm³/mol. The van der Waals surface area contributed by atoms with Gasteiger partial charge in [0, 0.05) is 76.1 Å². The second kappa shape index (κ2) is 12.2. The minimum absolute atomic E-state index is 0.884. The van der Waals surface area contributed by atoms with Crippen molar-refractivity contribution in [2.75, 3.05) is 4.90 Å². The molecule has 3 aromatic heterocycles. The highest BCUT2D eigenvalue weighted by Crippen LogP contribution is 2.48. The molecule has 0 fully saturated rings. The summed E-state index contributed by atoms with van der Waals surface area (Å²) in [4.78, 5) is 2.36. The summed E-state index contributed by atoms with van der Waals surface area (Å²) in [7, 11) is 0. The van der Waals surface area contributed by atoms with Gasteiger partial charge in [0.25, 0.3) is 0 Å². The Labute approximate surface area is 326 Å². The van der Waals surface area contributed by atoms with Crippen LogP contribution >= 0.6 is 11.3 Å². The lowest BCUT2D eigenvalue weighted by Gasteiger charge is -2.26. The lowest BCUT2D eigenvalue weighted by atomic mass is 9.91. The van der Waals surface area contributed by atoms with Gasteiger partial charge in [0.2, 0.25) is 0 Å². The van der Waals surface area contributed by atoms with Gasteiger partial charge < -0.3 is 13.9 Å². The van der Waals surface area contributed by atoms with Crippen molar-refractivity contribution in [1.29, 1.82) is 0 Å². The van der Waals surface area contributed by atoms with Gasteiger partial charge in [0.05, 0.1) is 11.0 Å². The molecule has 0 radical (unpaired) electrons. The molecule has 0 N–H and O–H groups in total. The van der Waals surface area contributed by atoms with E-state index >= 15 is 0 Å². The highest BCUT2D eigenvalue weighted by atomic mass is 32.1. The van der Waals surface area contributed by atoms with Crippen LogP contribution in [-0.2, 0) is 0 Å². The van der Waals surface area contributed by atoms with Gasteiger partial charge in [0.15, 0.2) is 0 Å². The molecule has 0 spiro atoms. The average molecular weight is 733 g/mol. The number of aromatic nitrogens is 1. The topological polar surface area (TPSA) is 21.3 Å². The normalized spacial score (nSPS) is 11.9. The zero-order valence-corrected chi connectivity index (χ0v) is 31.0. The molecular weight excluding hydrogens is 701 g/mol. The van der Waals surface area contributed by atoms with Gasteiger partial charge in [-0.1, -0.05) is 121 Å². The second-order valence-electron chi connectivity index (χ2n) is 14.5. The quantitative estimate of drug-likeness (QED) is 0.176. The van der Waals surface area contributed by atoms with E-state index in [2.05, 4.69) is 204 Å². The molecular formula is C52H32N2OS. The van der Waals surface area contributed by atoms with Gasteiger partial charge in [-0.15, -0.1) is 11.3 Å². The summed E-state index contributed by atoms with van der Waals surface area (Å²) in [5, 5.41) is 9.77. The Morgan fingerprint density at radius 2 is 1.07 bits per heavy atom. The number of furan rings is 1. The van der Waals surface area contributed by atoms with Crippen LogP contribution in [0.1, 0.15) is 0 Å². The molecule has 0 unspecified atom stereocenters. The maximum Gasteiger partial charge on any atom is 0.138 e. The van der Waals surface area contributed by atoms with Crippen LogP contribution in [0.25, 0.3) is 91.5 Å². The fourth-order valence-electron chi connectivity index (χ4n) is 8.95. The molecule has 0 bridgehead atoms. The predicted octanol–water partition coefficient (Wildman–Crippen LogP) is 15.3. The smallest absolute Gasteiger partial charge is 0.138 e. The van der Waals surface area contributed by atoms with E-state index in [0.717, 1.165) is 55.7 Å². The first kappa shape index (κ1) is 31.2. The number of anilines is 3. The molecule has 3 nitrogen and oxygen atoms in total. The van der Waals surface area contributed by atoms with Gasteiger partial charge in [-0.25, -0.2) is 0 Å². The van der Waals surface area contributed by atoms with E-state index in [1.54, 1.807) is 0 Å². The number of hydrogen-bond acceptors (Lipinski definition) is 3. The Bertz CT molecular complexity index is 3480. The van der Waals surface area contributed by atoms with Crippen molar-refractivity contribution in [3.8, 4) is 16.8 Å². The van der Waals surface area contributed by atoms with Gasteiger partial charge in [-0.05, 0) is 83.1 Å². The van der Waals surface area contributed by atoms with E-state index in [1.165, 1.54) is 52.8 Å². The van der Waals surface area contributed by atoms with Crippen LogP contribution in [0.4, 0.5) is 17.1 Å². The van der Waals surface area contributed by atoms with E-state index in [0.29, 0.717) is 0 Å². The zero-order valence-electron chi connectivity index (χ0n) is 30.2.